The van der Waals surface area contributed by atoms with Crippen molar-refractivity contribution < 1.29 is 18.1 Å². The second-order valence-electron chi connectivity index (χ2n) is 5.15. The molecule has 0 saturated heterocycles. The third-order valence-electron chi connectivity index (χ3n) is 3.15. The van der Waals surface area contributed by atoms with Gasteiger partial charge in [-0.05, 0) is 45.0 Å². The van der Waals surface area contributed by atoms with E-state index in [2.05, 4.69) is 12.2 Å². The van der Waals surface area contributed by atoms with Gasteiger partial charge in [-0.1, -0.05) is 13.3 Å². The van der Waals surface area contributed by atoms with Gasteiger partial charge < -0.3 is 24.3 Å². The molecule has 7 heteroatoms. The van der Waals surface area contributed by atoms with E-state index in [1.807, 2.05) is 13.8 Å². The number of benzene rings is 1. The molecule has 0 radical (unpaired) electrons. The smallest absolute Gasteiger partial charge is 0.399 e. The fourth-order valence-corrected chi connectivity index (χ4v) is 4.98. The van der Waals surface area contributed by atoms with Crippen LogP contribution in [0.15, 0.2) is 24.3 Å². The number of hydrogen-bond donors (Lipinski definition) is 2. The summed E-state index contributed by atoms with van der Waals surface area (Å²) in [6, 6.07) is 7.46. The van der Waals surface area contributed by atoms with Crippen LogP contribution in [-0.2, 0) is 13.3 Å². The van der Waals surface area contributed by atoms with Crippen molar-refractivity contribution in [3.05, 3.63) is 29.8 Å². The van der Waals surface area contributed by atoms with Crippen LogP contribution in [0.3, 0.4) is 0 Å². The zero-order chi connectivity index (χ0) is 17.3. The van der Waals surface area contributed by atoms with Crippen LogP contribution >= 0.6 is 0 Å². The number of carbonyl (C=O) groups is 1. The quantitative estimate of drug-likeness (QED) is 0.389. The second kappa shape index (κ2) is 9.66. The molecule has 0 spiro atoms. The lowest BCUT2D eigenvalue weighted by molar-refractivity contribution is 0.0261. The van der Waals surface area contributed by atoms with Gasteiger partial charge in [0.1, 0.15) is 6.23 Å². The summed E-state index contributed by atoms with van der Waals surface area (Å²) in [6.07, 6.45) is 0.390. The topological polar surface area (TPSA) is 82.8 Å². The van der Waals surface area contributed by atoms with E-state index in [1.54, 1.807) is 31.2 Å². The third-order valence-corrected chi connectivity index (χ3v) is 6.43. The lowest BCUT2D eigenvalue weighted by Gasteiger charge is -2.31. The molecule has 130 valence electrons. The number of hydrogen-bond acceptors (Lipinski definition) is 5. The van der Waals surface area contributed by atoms with Gasteiger partial charge in [-0.15, -0.1) is 0 Å². The maximum Gasteiger partial charge on any atom is 0.502 e. The van der Waals surface area contributed by atoms with Crippen LogP contribution in [0.1, 0.15) is 44.5 Å². The van der Waals surface area contributed by atoms with E-state index in [9.17, 15) is 4.79 Å². The lowest BCUT2D eigenvalue weighted by atomic mass is 10.2. The van der Waals surface area contributed by atoms with Gasteiger partial charge in [0.25, 0.3) is 5.91 Å². The summed E-state index contributed by atoms with van der Waals surface area (Å²) in [5.74, 6) is -0.218. The van der Waals surface area contributed by atoms with Crippen LogP contribution < -0.4 is 11.1 Å². The molecule has 0 aliphatic carbocycles. The Kier molecular flexibility index (Phi) is 8.25. The average molecular weight is 340 g/mol. The summed E-state index contributed by atoms with van der Waals surface area (Å²) in [4.78, 5) is 12.2. The minimum absolute atomic E-state index is 0.218. The normalized spacial score (nSPS) is 12.9. The molecule has 1 aromatic carbocycles. The maximum absolute atomic E-state index is 12.2. The SMILES string of the molecule is CCC[Si](OCC)(OCC)OC(C)NC(=O)c1ccc(N)cc1. The van der Waals surface area contributed by atoms with Gasteiger partial charge >= 0.3 is 8.80 Å². The Bertz CT molecular complexity index is 464. The Labute approximate surface area is 139 Å². The number of amides is 1. The Balaban J connectivity index is 2.71. The second-order valence-corrected chi connectivity index (χ2v) is 7.83. The molecule has 1 rings (SSSR count). The largest absolute Gasteiger partial charge is 0.502 e. The van der Waals surface area contributed by atoms with Crippen molar-refractivity contribution in [2.24, 2.45) is 0 Å². The fourth-order valence-electron chi connectivity index (χ4n) is 2.26. The molecule has 0 fully saturated rings. The van der Waals surface area contributed by atoms with Crippen LogP contribution in [0.5, 0.6) is 0 Å². The van der Waals surface area contributed by atoms with Crippen LogP contribution in [0.25, 0.3) is 0 Å². The molecule has 0 aliphatic heterocycles. The molecule has 1 atom stereocenters. The van der Waals surface area contributed by atoms with Crippen molar-refractivity contribution in [2.45, 2.75) is 46.4 Å². The molecular weight excluding hydrogens is 312 g/mol. The summed E-state index contributed by atoms with van der Waals surface area (Å²) < 4.78 is 17.6. The zero-order valence-electron chi connectivity index (χ0n) is 14.4. The molecule has 3 N–H and O–H groups in total. The Morgan fingerprint density at radius 2 is 1.74 bits per heavy atom. The van der Waals surface area contributed by atoms with Gasteiger partial charge in [-0.2, -0.15) is 0 Å². The average Bonchev–Trinajstić information content (AvgIpc) is 2.48. The predicted molar refractivity (Wildman–Crippen MR) is 93.0 cm³/mol. The molecule has 0 saturated carbocycles. The highest BCUT2D eigenvalue weighted by atomic mass is 28.4. The summed E-state index contributed by atoms with van der Waals surface area (Å²) in [5.41, 5.74) is 6.78. The lowest BCUT2D eigenvalue weighted by Crippen LogP contribution is -2.51. The maximum atomic E-state index is 12.2. The highest BCUT2D eigenvalue weighted by Gasteiger charge is 2.41. The van der Waals surface area contributed by atoms with Crippen LogP contribution in [0.2, 0.25) is 6.04 Å². The van der Waals surface area contributed by atoms with Crippen molar-refractivity contribution in [3.63, 3.8) is 0 Å². The van der Waals surface area contributed by atoms with E-state index in [-0.39, 0.29) is 5.91 Å². The first-order valence-electron chi connectivity index (χ1n) is 8.08. The first kappa shape index (κ1) is 19.6. The molecule has 0 bridgehead atoms. The van der Waals surface area contributed by atoms with E-state index in [1.165, 1.54) is 0 Å². The molecule has 23 heavy (non-hydrogen) atoms. The van der Waals surface area contributed by atoms with E-state index in [0.717, 1.165) is 12.5 Å². The minimum Gasteiger partial charge on any atom is -0.399 e. The molecule has 1 aromatic rings. The van der Waals surface area contributed by atoms with E-state index in [4.69, 9.17) is 19.0 Å². The van der Waals surface area contributed by atoms with Crippen molar-refractivity contribution in [1.82, 2.24) is 5.32 Å². The Morgan fingerprint density at radius 3 is 2.22 bits per heavy atom. The highest BCUT2D eigenvalue weighted by Crippen LogP contribution is 2.19. The monoisotopic (exact) mass is 340 g/mol. The predicted octanol–water partition coefficient (Wildman–Crippen LogP) is 2.78. The number of rotatable bonds is 10. The molecule has 0 heterocycles. The van der Waals surface area contributed by atoms with Crippen LogP contribution in [0.4, 0.5) is 5.69 Å². The number of nitrogens with one attached hydrogen (secondary N) is 1. The first-order chi connectivity index (χ1) is 11.0. The van der Waals surface area contributed by atoms with Gasteiger partial charge in [-0.25, -0.2) is 0 Å². The van der Waals surface area contributed by atoms with Gasteiger partial charge in [-0.3, -0.25) is 4.79 Å². The van der Waals surface area contributed by atoms with Gasteiger partial charge in [0.15, 0.2) is 0 Å². The molecule has 0 aliphatic rings. The molecule has 1 unspecified atom stereocenters. The minimum atomic E-state index is -2.77. The summed E-state index contributed by atoms with van der Waals surface area (Å²) in [5, 5.41) is 2.82. The Morgan fingerprint density at radius 1 is 1.17 bits per heavy atom. The van der Waals surface area contributed by atoms with E-state index < -0.39 is 15.0 Å². The summed E-state index contributed by atoms with van der Waals surface area (Å²) in [7, 11) is -2.77. The third kappa shape index (κ3) is 6.30. The highest BCUT2D eigenvalue weighted by molar-refractivity contribution is 6.60. The van der Waals surface area contributed by atoms with Gasteiger partial charge in [0.2, 0.25) is 0 Å². The fraction of sp³-hybridized carbons (Fsp3) is 0.562. The summed E-state index contributed by atoms with van der Waals surface area (Å²) >= 11 is 0. The van der Waals surface area contributed by atoms with E-state index >= 15 is 0 Å². The van der Waals surface area contributed by atoms with Crippen molar-refractivity contribution in [1.29, 1.82) is 0 Å². The standard InChI is InChI=1S/C16H28N2O4Si/c1-5-12-23(20-6-2,21-7-3)22-13(4)18-16(19)14-8-10-15(17)11-9-14/h8-11,13H,5-7,12,17H2,1-4H3,(H,18,19). The Hall–Kier alpha value is -1.41. The number of nitrogen functional groups attached to an aromatic ring is 1. The van der Waals surface area contributed by atoms with Crippen LogP contribution in [0, 0.1) is 0 Å². The zero-order valence-corrected chi connectivity index (χ0v) is 15.4. The molecule has 6 nitrogen and oxygen atoms in total. The number of nitrogens with two attached hydrogens (primary N) is 1. The number of anilines is 1. The van der Waals surface area contributed by atoms with Crippen molar-refractivity contribution in [2.75, 3.05) is 18.9 Å². The molecular formula is C16H28N2O4Si. The first-order valence-corrected chi connectivity index (χ1v) is 10.0. The molecule has 1 amide bonds. The van der Waals surface area contributed by atoms with Gasteiger partial charge in [0.05, 0.1) is 0 Å². The van der Waals surface area contributed by atoms with E-state index in [0.29, 0.717) is 24.5 Å². The number of carbonyl (C=O) groups excluding carboxylic acids is 1. The van der Waals surface area contributed by atoms with Crippen molar-refractivity contribution in [3.8, 4) is 0 Å². The summed E-state index contributed by atoms with van der Waals surface area (Å²) in [6.45, 7) is 8.70. The van der Waals surface area contributed by atoms with Gasteiger partial charge in [0, 0.05) is 30.5 Å². The van der Waals surface area contributed by atoms with Crippen molar-refractivity contribution >= 4 is 20.4 Å². The van der Waals surface area contributed by atoms with Crippen LogP contribution in [-0.4, -0.2) is 34.2 Å². The molecule has 0 aromatic heterocycles.